The number of carbonyl (C=O) groups is 2. The van der Waals surface area contributed by atoms with Crippen molar-refractivity contribution in [2.45, 2.75) is 26.2 Å². The minimum atomic E-state index is -0.983. The molecule has 6 nitrogen and oxygen atoms in total. The Kier molecular flexibility index (Phi) is 5.87. The number of ether oxygens (including phenoxy) is 2. The first-order chi connectivity index (χ1) is 13.5. The van der Waals surface area contributed by atoms with Gasteiger partial charge in [0, 0.05) is 6.54 Å². The van der Waals surface area contributed by atoms with E-state index in [1.165, 1.54) is 0 Å². The summed E-state index contributed by atoms with van der Waals surface area (Å²) >= 11 is 0. The molecule has 0 spiro atoms. The fourth-order valence-corrected chi connectivity index (χ4v) is 3.16. The zero-order valence-corrected chi connectivity index (χ0v) is 16.5. The van der Waals surface area contributed by atoms with E-state index in [1.54, 1.807) is 20.3 Å². The molecular weight excluding hydrogens is 356 g/mol. The van der Waals surface area contributed by atoms with Crippen LogP contribution in [0.5, 0.6) is 11.5 Å². The van der Waals surface area contributed by atoms with Crippen molar-refractivity contribution in [1.29, 1.82) is 0 Å². The summed E-state index contributed by atoms with van der Waals surface area (Å²) in [7, 11) is 3.18. The van der Waals surface area contributed by atoms with E-state index >= 15 is 0 Å². The lowest BCUT2D eigenvalue weighted by Gasteiger charge is -2.17. The standard InChI is InChI=1S/C22H26N2O4/c1-15-7-8-19(28-3)18(13-15)24-21(26)22(10-11-22)20(25)23-12-9-16-5-4-6-17(14-16)27-2/h4-8,13-14H,9-12H2,1-3H3,(H,23,25)(H,24,26). The molecule has 0 aromatic heterocycles. The first-order valence-electron chi connectivity index (χ1n) is 9.36. The molecule has 1 aliphatic rings. The second-order valence-corrected chi connectivity index (χ2v) is 7.10. The molecule has 2 aromatic rings. The van der Waals surface area contributed by atoms with Gasteiger partial charge in [-0.1, -0.05) is 18.2 Å². The average molecular weight is 382 g/mol. The zero-order valence-electron chi connectivity index (χ0n) is 16.5. The molecule has 2 N–H and O–H groups in total. The molecule has 0 saturated heterocycles. The fourth-order valence-electron chi connectivity index (χ4n) is 3.16. The number of carbonyl (C=O) groups excluding carboxylic acids is 2. The fraction of sp³-hybridized carbons (Fsp3) is 0.364. The third-order valence-corrected chi connectivity index (χ3v) is 5.06. The van der Waals surface area contributed by atoms with Crippen molar-refractivity contribution in [3.63, 3.8) is 0 Å². The Morgan fingerprint density at radius 2 is 1.82 bits per heavy atom. The van der Waals surface area contributed by atoms with E-state index in [2.05, 4.69) is 10.6 Å². The highest BCUT2D eigenvalue weighted by Gasteiger charge is 2.56. The Balaban J connectivity index is 1.59. The van der Waals surface area contributed by atoms with Crippen molar-refractivity contribution in [3.05, 3.63) is 53.6 Å². The maximum Gasteiger partial charge on any atom is 0.240 e. The lowest BCUT2D eigenvalue weighted by atomic mass is 10.0. The van der Waals surface area contributed by atoms with Crippen molar-refractivity contribution in [2.24, 2.45) is 5.41 Å². The van der Waals surface area contributed by atoms with Gasteiger partial charge < -0.3 is 20.1 Å². The molecule has 148 valence electrons. The zero-order chi connectivity index (χ0) is 20.1. The van der Waals surface area contributed by atoms with Gasteiger partial charge in [0.05, 0.1) is 19.9 Å². The monoisotopic (exact) mass is 382 g/mol. The topological polar surface area (TPSA) is 76.7 Å². The first kappa shape index (κ1) is 19.7. The van der Waals surface area contributed by atoms with Crippen LogP contribution in [-0.4, -0.2) is 32.6 Å². The van der Waals surface area contributed by atoms with Gasteiger partial charge in [0.2, 0.25) is 11.8 Å². The molecule has 1 aliphatic carbocycles. The van der Waals surface area contributed by atoms with Crippen LogP contribution < -0.4 is 20.1 Å². The smallest absolute Gasteiger partial charge is 0.240 e. The molecule has 0 atom stereocenters. The van der Waals surface area contributed by atoms with Crippen LogP contribution in [0, 0.1) is 12.3 Å². The summed E-state index contributed by atoms with van der Waals surface area (Å²) in [6.07, 6.45) is 1.78. The predicted octanol–water partition coefficient (Wildman–Crippen LogP) is 3.09. The van der Waals surface area contributed by atoms with Crippen LogP contribution in [0.15, 0.2) is 42.5 Å². The largest absolute Gasteiger partial charge is 0.497 e. The van der Waals surface area contributed by atoms with Crippen LogP contribution in [0.25, 0.3) is 0 Å². The predicted molar refractivity (Wildman–Crippen MR) is 108 cm³/mol. The summed E-state index contributed by atoms with van der Waals surface area (Å²) in [4.78, 5) is 25.5. The molecule has 0 heterocycles. The Morgan fingerprint density at radius 1 is 1.04 bits per heavy atom. The van der Waals surface area contributed by atoms with Gasteiger partial charge in [-0.15, -0.1) is 0 Å². The number of amides is 2. The number of anilines is 1. The highest BCUT2D eigenvalue weighted by Crippen LogP contribution is 2.47. The van der Waals surface area contributed by atoms with Crippen molar-refractivity contribution >= 4 is 17.5 Å². The Morgan fingerprint density at radius 3 is 2.50 bits per heavy atom. The third kappa shape index (κ3) is 4.27. The van der Waals surface area contributed by atoms with E-state index in [0.29, 0.717) is 37.2 Å². The Labute approximate surface area is 165 Å². The van der Waals surface area contributed by atoms with Gasteiger partial charge in [-0.2, -0.15) is 0 Å². The van der Waals surface area contributed by atoms with E-state index in [-0.39, 0.29) is 11.8 Å². The molecule has 1 saturated carbocycles. The van der Waals surface area contributed by atoms with E-state index in [9.17, 15) is 9.59 Å². The highest BCUT2D eigenvalue weighted by atomic mass is 16.5. The van der Waals surface area contributed by atoms with E-state index in [1.807, 2.05) is 43.3 Å². The minimum absolute atomic E-state index is 0.223. The van der Waals surface area contributed by atoms with Crippen LogP contribution in [0.1, 0.15) is 24.0 Å². The number of benzene rings is 2. The van der Waals surface area contributed by atoms with Crippen LogP contribution in [0.4, 0.5) is 5.69 Å². The van der Waals surface area contributed by atoms with Crippen molar-refractivity contribution in [2.75, 3.05) is 26.1 Å². The molecule has 0 unspecified atom stereocenters. The lowest BCUT2D eigenvalue weighted by molar-refractivity contribution is -0.134. The molecule has 2 amide bonds. The van der Waals surface area contributed by atoms with Gasteiger partial charge in [-0.05, 0) is 61.6 Å². The number of hydrogen-bond acceptors (Lipinski definition) is 4. The molecular formula is C22H26N2O4. The average Bonchev–Trinajstić information content (AvgIpc) is 3.50. The molecule has 3 rings (SSSR count). The molecule has 28 heavy (non-hydrogen) atoms. The SMILES string of the molecule is COc1cccc(CCNC(=O)C2(C(=O)Nc3cc(C)ccc3OC)CC2)c1. The van der Waals surface area contributed by atoms with E-state index in [4.69, 9.17) is 9.47 Å². The number of nitrogens with one attached hydrogen (secondary N) is 2. The van der Waals surface area contributed by atoms with Crippen LogP contribution in [0.3, 0.4) is 0 Å². The molecule has 6 heteroatoms. The normalized spacial score (nSPS) is 14.1. The lowest BCUT2D eigenvalue weighted by Crippen LogP contribution is -2.40. The number of methoxy groups -OCH3 is 2. The molecule has 2 aromatic carbocycles. The maximum absolute atomic E-state index is 12.8. The second kappa shape index (κ2) is 8.33. The quantitative estimate of drug-likeness (QED) is 0.688. The summed E-state index contributed by atoms with van der Waals surface area (Å²) < 4.78 is 10.5. The van der Waals surface area contributed by atoms with Gasteiger partial charge in [-0.25, -0.2) is 0 Å². The molecule has 0 aliphatic heterocycles. The number of aryl methyl sites for hydroxylation is 1. The van der Waals surface area contributed by atoms with Gasteiger partial charge in [0.25, 0.3) is 0 Å². The van der Waals surface area contributed by atoms with E-state index < -0.39 is 5.41 Å². The Bertz CT molecular complexity index is 875. The number of rotatable bonds is 8. The number of hydrogen-bond donors (Lipinski definition) is 2. The van der Waals surface area contributed by atoms with Gasteiger partial charge in [-0.3, -0.25) is 9.59 Å². The summed E-state index contributed by atoms with van der Waals surface area (Å²) in [5.41, 5.74) is 1.67. The van der Waals surface area contributed by atoms with Crippen molar-refractivity contribution in [1.82, 2.24) is 5.32 Å². The van der Waals surface area contributed by atoms with Gasteiger partial charge >= 0.3 is 0 Å². The second-order valence-electron chi connectivity index (χ2n) is 7.10. The summed E-state index contributed by atoms with van der Waals surface area (Å²) in [6.45, 7) is 2.40. The summed E-state index contributed by atoms with van der Waals surface area (Å²) in [6, 6.07) is 13.3. The van der Waals surface area contributed by atoms with E-state index in [0.717, 1.165) is 16.9 Å². The molecule has 0 radical (unpaired) electrons. The third-order valence-electron chi connectivity index (χ3n) is 5.06. The molecule has 1 fully saturated rings. The minimum Gasteiger partial charge on any atom is -0.497 e. The van der Waals surface area contributed by atoms with Crippen LogP contribution in [0.2, 0.25) is 0 Å². The summed E-state index contributed by atoms with van der Waals surface area (Å²) in [5, 5.41) is 5.77. The maximum atomic E-state index is 12.8. The van der Waals surface area contributed by atoms with Crippen molar-refractivity contribution in [3.8, 4) is 11.5 Å². The Hall–Kier alpha value is -3.02. The summed E-state index contributed by atoms with van der Waals surface area (Å²) in [5.74, 6) is 0.858. The van der Waals surface area contributed by atoms with Crippen molar-refractivity contribution < 1.29 is 19.1 Å². The molecule has 0 bridgehead atoms. The van der Waals surface area contributed by atoms with Gasteiger partial charge in [0.1, 0.15) is 16.9 Å². The first-order valence-corrected chi connectivity index (χ1v) is 9.36. The van der Waals surface area contributed by atoms with Gasteiger partial charge in [0.15, 0.2) is 0 Å². The highest BCUT2D eigenvalue weighted by molar-refractivity contribution is 6.13. The van der Waals surface area contributed by atoms with Crippen LogP contribution >= 0.6 is 0 Å². The van der Waals surface area contributed by atoms with Crippen LogP contribution in [-0.2, 0) is 16.0 Å².